The molecule has 14 nitrogen and oxygen atoms in total. The molecule has 3 aromatic rings. The quantitative estimate of drug-likeness (QED) is 0.338. The van der Waals surface area contributed by atoms with E-state index in [-0.39, 0.29) is 35.6 Å². The van der Waals surface area contributed by atoms with Gasteiger partial charge in [0.2, 0.25) is 11.8 Å². The van der Waals surface area contributed by atoms with E-state index in [0.29, 0.717) is 59.4 Å². The molecule has 1 spiro atoms. The summed E-state index contributed by atoms with van der Waals surface area (Å²) in [5, 5.41) is 11.9. The molecule has 5 saturated heterocycles. The maximum atomic E-state index is 13.5. The van der Waals surface area contributed by atoms with Crippen LogP contribution in [0.5, 0.6) is 0 Å². The number of rotatable bonds is 7. The first-order valence-corrected chi connectivity index (χ1v) is 21.8. The molecule has 1 atom stereocenters. The number of nitrogens with one attached hydrogen (secondary N) is 1. The fourth-order valence-electron chi connectivity index (χ4n) is 10.2. The Kier molecular flexibility index (Phi) is 11.0. The van der Waals surface area contributed by atoms with Crippen molar-refractivity contribution in [3.63, 3.8) is 0 Å². The molecule has 15 heteroatoms. The number of anilines is 2. The molecule has 1 N–H and O–H groups in total. The second-order valence-electron chi connectivity index (χ2n) is 17.5. The summed E-state index contributed by atoms with van der Waals surface area (Å²) < 4.78 is 0. The number of imide groups is 2. The van der Waals surface area contributed by atoms with Gasteiger partial charge in [-0.25, -0.2) is 0 Å². The molecule has 3 aromatic carbocycles. The van der Waals surface area contributed by atoms with Gasteiger partial charge in [-0.15, -0.1) is 0 Å². The smallest absolute Gasteiger partial charge is 0.262 e. The first-order chi connectivity index (χ1) is 29.5. The molecule has 0 aromatic heterocycles. The monoisotopic (exact) mass is 844 g/mol. The Morgan fingerprint density at radius 3 is 1.95 bits per heavy atom. The van der Waals surface area contributed by atoms with Crippen molar-refractivity contribution in [2.75, 3.05) is 81.8 Å². The Morgan fingerprint density at radius 1 is 0.705 bits per heavy atom. The van der Waals surface area contributed by atoms with E-state index < -0.39 is 29.7 Å². The number of nitrogens with zero attached hydrogens (tertiary/aromatic N) is 7. The van der Waals surface area contributed by atoms with E-state index in [4.69, 9.17) is 11.6 Å². The van der Waals surface area contributed by atoms with Gasteiger partial charge in [0.05, 0.1) is 21.7 Å². The first kappa shape index (κ1) is 40.6. The van der Waals surface area contributed by atoms with Crippen LogP contribution in [0.2, 0.25) is 5.02 Å². The highest BCUT2D eigenvalue weighted by Gasteiger charge is 2.45. The van der Waals surface area contributed by atoms with Gasteiger partial charge in [0.15, 0.2) is 0 Å². The third-order valence-electron chi connectivity index (χ3n) is 13.9. The third kappa shape index (κ3) is 7.97. The molecule has 0 radical (unpaired) electrons. The second kappa shape index (κ2) is 16.6. The number of nitriles is 1. The Balaban J connectivity index is 0.709. The third-order valence-corrected chi connectivity index (χ3v) is 14.3. The minimum absolute atomic E-state index is 0.000683. The predicted molar refractivity (Wildman–Crippen MR) is 227 cm³/mol. The van der Waals surface area contributed by atoms with E-state index in [2.05, 4.69) is 26.1 Å². The number of amides is 6. The fraction of sp³-hybridized carbons (Fsp3) is 0.457. The van der Waals surface area contributed by atoms with Crippen LogP contribution in [0.15, 0.2) is 60.7 Å². The standard InChI is InChI=1S/C46H49ClN8O6/c47-38-26-35(6-5-33(38)27-48)54-20-15-46(29-54)13-18-52(19-14-46)42(58)31-1-3-32(4-2-31)43(59)53-23-21-50(22-24-53)28-30-11-16-51(17-12-30)34-7-8-36-37(25-34)45(61)55(44(36)60)39-9-10-40(56)49-41(39)57/h1-8,25-26,30,39H,9-24,28-29H2,(H,49,56,57). The van der Waals surface area contributed by atoms with E-state index in [0.717, 1.165) is 94.2 Å². The number of piperidine rings is 3. The zero-order chi connectivity index (χ0) is 42.4. The van der Waals surface area contributed by atoms with Gasteiger partial charge in [-0.3, -0.25) is 43.9 Å². The summed E-state index contributed by atoms with van der Waals surface area (Å²) in [5.41, 5.74) is 4.30. The van der Waals surface area contributed by atoms with Crippen molar-refractivity contribution in [2.24, 2.45) is 11.3 Å². The lowest BCUT2D eigenvalue weighted by Gasteiger charge is -2.39. The van der Waals surface area contributed by atoms with Gasteiger partial charge in [-0.1, -0.05) is 11.6 Å². The number of fused-ring (bicyclic) bond motifs is 1. The number of carbonyl (C=O) groups is 6. The van der Waals surface area contributed by atoms with Crippen molar-refractivity contribution in [3.8, 4) is 6.07 Å². The van der Waals surface area contributed by atoms with Crippen molar-refractivity contribution in [3.05, 3.63) is 93.5 Å². The maximum absolute atomic E-state index is 13.5. The zero-order valence-corrected chi connectivity index (χ0v) is 34.9. The van der Waals surface area contributed by atoms with Gasteiger partial charge in [0, 0.05) is 101 Å². The molecule has 6 amide bonds. The van der Waals surface area contributed by atoms with Crippen LogP contribution in [0.4, 0.5) is 11.4 Å². The van der Waals surface area contributed by atoms with Crippen molar-refractivity contribution in [2.45, 2.75) is 51.0 Å². The van der Waals surface area contributed by atoms with Gasteiger partial charge < -0.3 is 19.6 Å². The second-order valence-corrected chi connectivity index (χ2v) is 17.9. The summed E-state index contributed by atoms with van der Waals surface area (Å²) in [6.07, 6.45) is 5.08. The first-order valence-electron chi connectivity index (χ1n) is 21.5. The fourth-order valence-corrected chi connectivity index (χ4v) is 10.4. The molecule has 5 fully saturated rings. The van der Waals surface area contributed by atoms with E-state index >= 15 is 0 Å². The van der Waals surface area contributed by atoms with E-state index in [1.54, 1.807) is 42.5 Å². The largest absolute Gasteiger partial charge is 0.371 e. The molecule has 1 unspecified atom stereocenters. The van der Waals surface area contributed by atoms with Crippen LogP contribution < -0.4 is 15.1 Å². The number of hydrogen-bond donors (Lipinski definition) is 1. The Bertz CT molecular complexity index is 2320. The molecule has 0 aliphatic carbocycles. The van der Waals surface area contributed by atoms with Crippen LogP contribution in [0.25, 0.3) is 0 Å². The summed E-state index contributed by atoms with van der Waals surface area (Å²) in [5.74, 6) is -1.53. The molecule has 61 heavy (non-hydrogen) atoms. The number of hydrogen-bond acceptors (Lipinski definition) is 10. The Labute approximate surface area is 360 Å². The van der Waals surface area contributed by atoms with Gasteiger partial charge in [0.25, 0.3) is 23.6 Å². The maximum Gasteiger partial charge on any atom is 0.262 e. The molecule has 0 bridgehead atoms. The van der Waals surface area contributed by atoms with Gasteiger partial charge in [-0.2, -0.15) is 5.26 Å². The van der Waals surface area contributed by atoms with E-state index in [1.165, 1.54) is 0 Å². The normalized spacial score (nSPS) is 22.2. The molecule has 316 valence electrons. The molecule has 9 rings (SSSR count). The minimum Gasteiger partial charge on any atom is -0.371 e. The summed E-state index contributed by atoms with van der Waals surface area (Å²) >= 11 is 6.31. The highest BCUT2D eigenvalue weighted by molar-refractivity contribution is 6.32. The molecule has 0 saturated carbocycles. The number of carbonyl (C=O) groups excluding carboxylic acids is 6. The van der Waals surface area contributed by atoms with Gasteiger partial charge in [0.1, 0.15) is 12.1 Å². The number of halogens is 1. The van der Waals surface area contributed by atoms with Crippen LogP contribution in [-0.4, -0.2) is 133 Å². The van der Waals surface area contributed by atoms with Crippen molar-refractivity contribution < 1.29 is 28.8 Å². The molecule has 6 aliphatic heterocycles. The molecule has 6 aliphatic rings. The summed E-state index contributed by atoms with van der Waals surface area (Å²) in [6.45, 7) is 8.67. The molecule has 6 heterocycles. The topological polar surface area (TPSA) is 158 Å². The van der Waals surface area contributed by atoms with Gasteiger partial charge >= 0.3 is 0 Å². The van der Waals surface area contributed by atoms with Crippen molar-refractivity contribution in [1.82, 2.24) is 24.9 Å². The minimum atomic E-state index is -0.983. The summed E-state index contributed by atoms with van der Waals surface area (Å²) in [7, 11) is 0. The predicted octanol–water partition coefficient (Wildman–Crippen LogP) is 4.42. The van der Waals surface area contributed by atoms with Crippen LogP contribution >= 0.6 is 11.6 Å². The van der Waals surface area contributed by atoms with Crippen LogP contribution in [-0.2, 0) is 9.59 Å². The summed E-state index contributed by atoms with van der Waals surface area (Å²) in [4.78, 5) is 89.4. The van der Waals surface area contributed by atoms with Crippen LogP contribution in [0, 0.1) is 22.7 Å². The number of piperazine rings is 1. The number of likely N-dealkylation sites (tertiary alicyclic amines) is 1. The van der Waals surface area contributed by atoms with E-state index in [1.807, 2.05) is 28.0 Å². The van der Waals surface area contributed by atoms with Crippen LogP contribution in [0.3, 0.4) is 0 Å². The highest BCUT2D eigenvalue weighted by Crippen LogP contribution is 2.43. The highest BCUT2D eigenvalue weighted by atomic mass is 35.5. The average molecular weight is 845 g/mol. The van der Waals surface area contributed by atoms with Crippen molar-refractivity contribution in [1.29, 1.82) is 5.26 Å². The molecular formula is C46H49ClN8O6. The SMILES string of the molecule is N#Cc1ccc(N2CCC3(CCN(C(=O)c4ccc(C(=O)N5CCN(CC6CCN(c7ccc8c(c7)C(=O)N(C7CCC(=O)NC7=O)C8=O)CC6)CC5)cc4)CC3)C2)cc1Cl. The van der Waals surface area contributed by atoms with Crippen molar-refractivity contribution >= 4 is 58.4 Å². The lowest BCUT2D eigenvalue weighted by Crippen LogP contribution is -2.54. The van der Waals surface area contributed by atoms with Gasteiger partial charge in [-0.05, 0) is 111 Å². The lowest BCUT2D eigenvalue weighted by molar-refractivity contribution is -0.136. The molecular weight excluding hydrogens is 796 g/mol. The lowest BCUT2D eigenvalue weighted by atomic mass is 9.77. The Morgan fingerprint density at radius 2 is 1.31 bits per heavy atom. The Hall–Kier alpha value is -5.78. The zero-order valence-electron chi connectivity index (χ0n) is 34.1. The number of benzene rings is 3. The summed E-state index contributed by atoms with van der Waals surface area (Å²) in [6, 6.07) is 19.2. The van der Waals surface area contributed by atoms with E-state index in [9.17, 15) is 34.0 Å². The van der Waals surface area contributed by atoms with Crippen LogP contribution in [0.1, 0.15) is 91.9 Å². The average Bonchev–Trinajstić information content (AvgIpc) is 3.80.